The molecule has 8 nitrogen and oxygen atoms in total. The van der Waals surface area contributed by atoms with E-state index in [0.29, 0.717) is 17.5 Å². The Kier molecular flexibility index (Phi) is 4.38. The molecule has 0 heterocycles. The summed E-state index contributed by atoms with van der Waals surface area (Å²) in [4.78, 5) is 37.4. The Bertz CT molecular complexity index is 1120. The maximum absolute atomic E-state index is 13.4. The third-order valence-corrected chi connectivity index (χ3v) is 6.74. The average Bonchev–Trinajstić information content (AvgIpc) is 2.63. The van der Waals surface area contributed by atoms with Gasteiger partial charge in [-0.05, 0) is 29.7 Å². The van der Waals surface area contributed by atoms with Crippen LogP contribution in [0.15, 0.2) is 29.0 Å². The number of nitrogens with two attached hydrogens (primary N) is 1. The molecule has 0 aliphatic heterocycles. The summed E-state index contributed by atoms with van der Waals surface area (Å²) in [5.74, 6) is -6.09. The number of amides is 1. The monoisotopic (exact) mass is 427 g/mol. The molecule has 3 aliphatic rings. The molecule has 164 valence electrons. The first-order valence-corrected chi connectivity index (χ1v) is 10.1. The van der Waals surface area contributed by atoms with Crippen LogP contribution < -0.4 is 5.73 Å². The van der Waals surface area contributed by atoms with E-state index < -0.39 is 57.4 Å². The van der Waals surface area contributed by atoms with E-state index in [0.717, 1.165) is 0 Å². The molecular formula is C23H25NO7. The zero-order valence-corrected chi connectivity index (χ0v) is 17.5. The number of phenols is 1. The summed E-state index contributed by atoms with van der Waals surface area (Å²) in [6.45, 7) is 5.70. The summed E-state index contributed by atoms with van der Waals surface area (Å²) < 4.78 is 0. The molecule has 0 bridgehead atoms. The lowest BCUT2D eigenvalue weighted by atomic mass is 9.59. The summed E-state index contributed by atoms with van der Waals surface area (Å²) in [7, 11) is 0. The van der Waals surface area contributed by atoms with Crippen LogP contribution in [-0.4, -0.2) is 43.5 Å². The Morgan fingerprint density at radius 1 is 1.13 bits per heavy atom. The molecular weight excluding hydrogens is 402 g/mol. The number of phenolic OH excluding ortho intramolecular Hbond substituents is 1. The van der Waals surface area contributed by atoms with Gasteiger partial charge < -0.3 is 26.2 Å². The van der Waals surface area contributed by atoms with Crippen LogP contribution in [-0.2, 0) is 26.2 Å². The lowest BCUT2D eigenvalue weighted by Crippen LogP contribution is -2.58. The van der Waals surface area contributed by atoms with Crippen LogP contribution in [0.5, 0.6) is 5.75 Å². The van der Waals surface area contributed by atoms with Crippen LogP contribution in [0.1, 0.15) is 50.3 Å². The number of hydrogen-bond acceptors (Lipinski definition) is 7. The Hall–Kier alpha value is -3.13. The van der Waals surface area contributed by atoms with Gasteiger partial charge in [-0.25, -0.2) is 0 Å². The molecule has 6 N–H and O–H groups in total. The zero-order valence-electron chi connectivity index (χ0n) is 17.5. The number of aliphatic hydroxyl groups is 3. The second-order valence-corrected chi connectivity index (χ2v) is 9.65. The van der Waals surface area contributed by atoms with Crippen LogP contribution in [0.4, 0.5) is 0 Å². The molecule has 0 spiro atoms. The van der Waals surface area contributed by atoms with Crippen molar-refractivity contribution in [2.24, 2.45) is 17.6 Å². The molecule has 1 saturated carbocycles. The number of hydrogen-bond donors (Lipinski definition) is 5. The molecule has 1 fully saturated rings. The van der Waals surface area contributed by atoms with Gasteiger partial charge in [-0.1, -0.05) is 32.9 Å². The van der Waals surface area contributed by atoms with Gasteiger partial charge in [0.2, 0.25) is 5.78 Å². The molecule has 1 aromatic rings. The van der Waals surface area contributed by atoms with Crippen LogP contribution in [0.2, 0.25) is 0 Å². The number of benzene rings is 1. The zero-order chi connectivity index (χ0) is 23.0. The van der Waals surface area contributed by atoms with Crippen LogP contribution in [0.3, 0.4) is 0 Å². The third kappa shape index (κ3) is 2.74. The first-order valence-electron chi connectivity index (χ1n) is 10.1. The largest absolute Gasteiger partial charge is 0.508 e. The van der Waals surface area contributed by atoms with Crippen LogP contribution >= 0.6 is 0 Å². The quantitative estimate of drug-likeness (QED) is 0.427. The first-order chi connectivity index (χ1) is 14.3. The van der Waals surface area contributed by atoms with Crippen molar-refractivity contribution in [2.75, 3.05) is 0 Å². The lowest BCUT2D eigenvalue weighted by Gasteiger charge is -2.46. The Morgan fingerprint density at radius 3 is 2.35 bits per heavy atom. The first kappa shape index (κ1) is 21.1. The Labute approximate surface area is 178 Å². The van der Waals surface area contributed by atoms with Crippen molar-refractivity contribution in [3.8, 4) is 5.75 Å². The number of rotatable bonds is 1. The number of ketones is 2. The Morgan fingerprint density at radius 2 is 1.77 bits per heavy atom. The van der Waals surface area contributed by atoms with Crippen LogP contribution in [0.25, 0.3) is 5.76 Å². The van der Waals surface area contributed by atoms with Crippen molar-refractivity contribution < 1.29 is 34.8 Å². The van der Waals surface area contributed by atoms with Crippen molar-refractivity contribution >= 4 is 23.2 Å². The van der Waals surface area contributed by atoms with E-state index in [1.165, 1.54) is 0 Å². The van der Waals surface area contributed by atoms with E-state index in [1.54, 1.807) is 12.1 Å². The average molecular weight is 427 g/mol. The van der Waals surface area contributed by atoms with Gasteiger partial charge in [0.25, 0.3) is 5.91 Å². The number of aliphatic hydroxyl groups excluding tert-OH is 2. The van der Waals surface area contributed by atoms with Gasteiger partial charge in [0.15, 0.2) is 11.4 Å². The summed E-state index contributed by atoms with van der Waals surface area (Å²) in [5.41, 5.74) is 2.65. The number of carbonyl (C=O) groups excluding carboxylic acids is 3. The third-order valence-electron chi connectivity index (χ3n) is 6.74. The van der Waals surface area contributed by atoms with E-state index in [-0.39, 0.29) is 29.7 Å². The van der Waals surface area contributed by atoms with E-state index in [2.05, 4.69) is 0 Å². The summed E-state index contributed by atoms with van der Waals surface area (Å²) in [6.07, 6.45) is 0.118. The smallest absolute Gasteiger partial charge is 0.255 e. The van der Waals surface area contributed by atoms with Gasteiger partial charge in [-0.15, -0.1) is 0 Å². The van der Waals surface area contributed by atoms with Gasteiger partial charge in [-0.3, -0.25) is 14.4 Å². The summed E-state index contributed by atoms with van der Waals surface area (Å²) >= 11 is 0. The van der Waals surface area contributed by atoms with Gasteiger partial charge in [0.1, 0.15) is 22.8 Å². The molecule has 3 atom stereocenters. The van der Waals surface area contributed by atoms with Gasteiger partial charge in [0, 0.05) is 23.5 Å². The molecule has 0 aromatic heterocycles. The number of fused-ring (bicyclic) bond motifs is 3. The number of primary amides is 1. The highest BCUT2D eigenvalue weighted by molar-refractivity contribution is 6.22. The minimum Gasteiger partial charge on any atom is -0.508 e. The fourth-order valence-electron chi connectivity index (χ4n) is 5.20. The molecule has 4 rings (SSSR count). The summed E-state index contributed by atoms with van der Waals surface area (Å²) in [5, 5.41) is 43.7. The number of carbonyl (C=O) groups is 3. The van der Waals surface area contributed by atoms with E-state index in [9.17, 15) is 34.8 Å². The van der Waals surface area contributed by atoms with Crippen molar-refractivity contribution in [3.05, 3.63) is 45.7 Å². The number of Topliss-reactive ketones (excluding diaryl/α,β-unsaturated/α-hetero) is 2. The van der Waals surface area contributed by atoms with Crippen molar-refractivity contribution in [1.29, 1.82) is 0 Å². The fraction of sp³-hybridized carbons (Fsp3) is 0.435. The van der Waals surface area contributed by atoms with Gasteiger partial charge >= 0.3 is 0 Å². The minimum atomic E-state index is -2.53. The highest BCUT2D eigenvalue weighted by Crippen LogP contribution is 2.52. The van der Waals surface area contributed by atoms with Crippen molar-refractivity contribution in [1.82, 2.24) is 0 Å². The lowest BCUT2D eigenvalue weighted by molar-refractivity contribution is -0.147. The molecule has 8 heteroatoms. The van der Waals surface area contributed by atoms with Crippen molar-refractivity contribution in [3.63, 3.8) is 0 Å². The van der Waals surface area contributed by atoms with Gasteiger partial charge in [0.05, 0.1) is 5.56 Å². The predicted octanol–water partition coefficient (Wildman–Crippen LogP) is 1.72. The number of aromatic hydroxyl groups is 1. The fourth-order valence-corrected chi connectivity index (χ4v) is 5.20. The van der Waals surface area contributed by atoms with E-state index >= 15 is 0 Å². The predicted molar refractivity (Wildman–Crippen MR) is 110 cm³/mol. The summed E-state index contributed by atoms with van der Waals surface area (Å²) in [6, 6.07) is 3.58. The second-order valence-electron chi connectivity index (χ2n) is 9.65. The van der Waals surface area contributed by atoms with Crippen molar-refractivity contribution in [2.45, 2.75) is 51.0 Å². The second kappa shape index (κ2) is 6.43. The highest BCUT2D eigenvalue weighted by atomic mass is 16.3. The van der Waals surface area contributed by atoms with E-state index in [4.69, 9.17) is 5.73 Å². The van der Waals surface area contributed by atoms with Gasteiger partial charge in [-0.2, -0.15) is 0 Å². The molecule has 0 saturated heterocycles. The molecule has 1 aromatic carbocycles. The topological polar surface area (TPSA) is 158 Å². The minimum absolute atomic E-state index is 0.125. The maximum atomic E-state index is 13.4. The molecule has 0 unspecified atom stereocenters. The normalized spacial score (nSPS) is 28.3. The van der Waals surface area contributed by atoms with E-state index in [1.807, 2.05) is 20.8 Å². The Balaban J connectivity index is 1.93. The molecule has 31 heavy (non-hydrogen) atoms. The molecule has 0 radical (unpaired) electrons. The van der Waals surface area contributed by atoms with Crippen LogP contribution in [0, 0.1) is 11.8 Å². The molecule has 3 aliphatic carbocycles. The maximum Gasteiger partial charge on any atom is 0.255 e. The highest BCUT2D eigenvalue weighted by Gasteiger charge is 2.60. The SMILES string of the molecule is CC(C)(C)c1ccc2c(c1O)C(O)=C1C(=O)[C@]3(O)C(O)=C(C(N)=O)C(=O)C[C@@H]3C[C@@H]1C2. The standard InChI is InChI=1S/C23H25NO7/c1-22(2,3)12-5-4-9-6-10-7-11-8-13(25)16(21(24)30)20(29)23(11,31)19(28)15(10)18(27)14(9)17(12)26/h4-5,10-11,26-27,29,31H,6-8H2,1-3H3,(H2,24,30)/t10-,11-,23-/m0/s1. The molecule has 1 amide bonds.